The van der Waals surface area contributed by atoms with Gasteiger partial charge >= 0.3 is 0 Å². The van der Waals surface area contributed by atoms with Gasteiger partial charge < -0.3 is 24.4 Å². The fourth-order valence-corrected chi connectivity index (χ4v) is 3.64. The number of piperazine rings is 1. The Morgan fingerprint density at radius 2 is 1.57 bits per heavy atom. The number of aliphatic hydroxyl groups is 1. The highest BCUT2D eigenvalue weighted by Crippen LogP contribution is 2.32. The summed E-state index contributed by atoms with van der Waals surface area (Å²) in [5.74, 6) is 2.35. The first-order chi connectivity index (χ1) is 14.7. The molecule has 0 amide bonds. The average Bonchev–Trinajstić information content (AvgIpc) is 2.84. The predicted octanol–water partition coefficient (Wildman–Crippen LogP) is 2.98. The van der Waals surface area contributed by atoms with Crippen molar-refractivity contribution in [3.63, 3.8) is 0 Å². The Bertz CT molecular complexity index is 986. The van der Waals surface area contributed by atoms with Crippen LogP contribution in [0.2, 0.25) is 0 Å². The Hall–Kier alpha value is -3.32. The number of nitrogens with zero attached hydrogens (tertiary/aromatic N) is 4. The van der Waals surface area contributed by atoms with E-state index in [4.69, 9.17) is 14.5 Å². The zero-order valence-corrected chi connectivity index (χ0v) is 17.3. The molecular weight excluding hydrogens is 380 g/mol. The lowest BCUT2D eigenvalue weighted by atomic mass is 10.1. The molecule has 0 spiro atoms. The number of hydrogen-bond donors (Lipinski definition) is 1. The molecule has 4 rings (SSSR count). The van der Waals surface area contributed by atoms with Crippen LogP contribution in [-0.2, 0) is 6.61 Å². The van der Waals surface area contributed by atoms with Crippen LogP contribution in [0.1, 0.15) is 5.56 Å². The molecular formula is C23H26N4O3. The molecule has 7 heteroatoms. The third kappa shape index (κ3) is 4.16. The molecule has 0 aliphatic carbocycles. The monoisotopic (exact) mass is 406 g/mol. The quantitative estimate of drug-likeness (QED) is 0.675. The number of ether oxygens (including phenoxy) is 2. The van der Waals surface area contributed by atoms with Crippen LogP contribution in [0.3, 0.4) is 0 Å². The lowest BCUT2D eigenvalue weighted by Crippen LogP contribution is -2.46. The van der Waals surface area contributed by atoms with E-state index in [1.807, 2.05) is 42.6 Å². The van der Waals surface area contributed by atoms with Gasteiger partial charge in [0.25, 0.3) is 0 Å². The first-order valence-electron chi connectivity index (χ1n) is 9.96. The van der Waals surface area contributed by atoms with E-state index in [1.165, 1.54) is 0 Å². The maximum atomic E-state index is 9.22. The Balaban J connectivity index is 1.45. The van der Waals surface area contributed by atoms with Crippen LogP contribution in [0.15, 0.2) is 54.9 Å². The third-order valence-electron chi connectivity index (χ3n) is 5.39. The van der Waals surface area contributed by atoms with Gasteiger partial charge in [0.1, 0.15) is 5.82 Å². The van der Waals surface area contributed by atoms with Crippen molar-refractivity contribution in [2.75, 3.05) is 50.2 Å². The van der Waals surface area contributed by atoms with Gasteiger partial charge in [0, 0.05) is 43.5 Å². The Morgan fingerprint density at radius 3 is 2.23 bits per heavy atom. The van der Waals surface area contributed by atoms with Gasteiger partial charge in [-0.3, -0.25) is 4.98 Å². The van der Waals surface area contributed by atoms with Crippen molar-refractivity contribution in [2.24, 2.45) is 0 Å². The lowest BCUT2D eigenvalue weighted by molar-refractivity contribution is 0.282. The molecule has 0 atom stereocenters. The summed E-state index contributed by atoms with van der Waals surface area (Å²) in [7, 11) is 3.30. The second kappa shape index (κ2) is 9.00. The average molecular weight is 406 g/mol. The van der Waals surface area contributed by atoms with Gasteiger partial charge in [0.15, 0.2) is 11.5 Å². The van der Waals surface area contributed by atoms with Crippen molar-refractivity contribution >= 4 is 11.5 Å². The van der Waals surface area contributed by atoms with E-state index in [9.17, 15) is 5.11 Å². The number of aromatic nitrogens is 2. The molecule has 1 aliphatic rings. The largest absolute Gasteiger partial charge is 0.493 e. The van der Waals surface area contributed by atoms with Crippen LogP contribution < -0.4 is 19.3 Å². The molecule has 1 saturated heterocycles. The summed E-state index contributed by atoms with van der Waals surface area (Å²) in [6.45, 7) is 3.52. The Kier molecular flexibility index (Phi) is 5.99. The van der Waals surface area contributed by atoms with Crippen molar-refractivity contribution in [1.29, 1.82) is 0 Å². The number of methoxy groups -OCH3 is 2. The van der Waals surface area contributed by atoms with E-state index in [2.05, 4.69) is 20.9 Å². The Labute approximate surface area is 176 Å². The van der Waals surface area contributed by atoms with Crippen molar-refractivity contribution in [3.8, 4) is 22.8 Å². The fourth-order valence-electron chi connectivity index (χ4n) is 3.64. The van der Waals surface area contributed by atoms with Crippen LogP contribution in [0.5, 0.6) is 11.5 Å². The molecule has 0 radical (unpaired) electrons. The molecule has 0 bridgehead atoms. The van der Waals surface area contributed by atoms with Crippen molar-refractivity contribution in [2.45, 2.75) is 6.61 Å². The summed E-state index contributed by atoms with van der Waals surface area (Å²) >= 11 is 0. The first kappa shape index (κ1) is 20.0. The minimum absolute atomic E-state index is 0.0380. The molecule has 1 aliphatic heterocycles. The lowest BCUT2D eigenvalue weighted by Gasteiger charge is -2.36. The normalized spacial score (nSPS) is 14.0. The number of benzene rings is 2. The van der Waals surface area contributed by atoms with Gasteiger partial charge in [-0.05, 0) is 17.7 Å². The standard InChI is InChI=1S/C23H26N4O3/c1-29-21-8-7-19(13-22(21)30-2)26-9-11-27(12-10-26)23-15-24-14-20(25-23)18-5-3-17(16-28)4-6-18/h3-8,13-15,28H,9-12,16H2,1-2H3. The smallest absolute Gasteiger partial charge is 0.162 e. The second-order valence-corrected chi connectivity index (χ2v) is 7.13. The van der Waals surface area contributed by atoms with Gasteiger partial charge in [-0.1, -0.05) is 24.3 Å². The van der Waals surface area contributed by atoms with Crippen molar-refractivity contribution in [3.05, 3.63) is 60.4 Å². The summed E-state index contributed by atoms with van der Waals surface area (Å²) in [6, 6.07) is 13.8. The van der Waals surface area contributed by atoms with Crippen molar-refractivity contribution < 1.29 is 14.6 Å². The maximum Gasteiger partial charge on any atom is 0.162 e. The van der Waals surface area contributed by atoms with Crippen LogP contribution in [0.4, 0.5) is 11.5 Å². The summed E-state index contributed by atoms with van der Waals surface area (Å²) in [6.07, 6.45) is 3.59. The van der Waals surface area contributed by atoms with Crippen LogP contribution in [0.25, 0.3) is 11.3 Å². The summed E-state index contributed by atoms with van der Waals surface area (Å²) in [5.41, 5.74) is 3.83. The molecule has 156 valence electrons. The molecule has 0 unspecified atom stereocenters. The molecule has 1 fully saturated rings. The molecule has 0 saturated carbocycles. The maximum absolute atomic E-state index is 9.22. The van der Waals surface area contributed by atoms with E-state index in [1.54, 1.807) is 20.4 Å². The van der Waals surface area contributed by atoms with E-state index in [0.29, 0.717) is 0 Å². The van der Waals surface area contributed by atoms with Crippen LogP contribution in [-0.4, -0.2) is 55.5 Å². The molecule has 30 heavy (non-hydrogen) atoms. The summed E-state index contributed by atoms with van der Waals surface area (Å²) in [5, 5.41) is 9.22. The minimum atomic E-state index is 0.0380. The highest BCUT2D eigenvalue weighted by molar-refractivity contribution is 5.61. The minimum Gasteiger partial charge on any atom is -0.493 e. The van der Waals surface area contributed by atoms with E-state index >= 15 is 0 Å². The van der Waals surface area contributed by atoms with Gasteiger partial charge in [0.2, 0.25) is 0 Å². The van der Waals surface area contributed by atoms with E-state index < -0.39 is 0 Å². The number of rotatable bonds is 6. The molecule has 1 N–H and O–H groups in total. The fraction of sp³-hybridized carbons (Fsp3) is 0.304. The summed E-state index contributed by atoms with van der Waals surface area (Å²) < 4.78 is 10.8. The molecule has 1 aromatic heterocycles. The molecule has 2 aromatic carbocycles. The molecule has 3 aromatic rings. The van der Waals surface area contributed by atoms with E-state index in [0.717, 1.165) is 66.0 Å². The number of hydrogen-bond acceptors (Lipinski definition) is 7. The number of aliphatic hydroxyl groups excluding tert-OH is 1. The third-order valence-corrected chi connectivity index (χ3v) is 5.39. The Morgan fingerprint density at radius 1 is 0.867 bits per heavy atom. The van der Waals surface area contributed by atoms with E-state index in [-0.39, 0.29) is 6.61 Å². The van der Waals surface area contributed by atoms with Gasteiger partial charge in [0.05, 0.1) is 38.9 Å². The van der Waals surface area contributed by atoms with Gasteiger partial charge in [-0.15, -0.1) is 0 Å². The summed E-state index contributed by atoms with van der Waals surface area (Å²) in [4.78, 5) is 13.8. The molecule has 2 heterocycles. The topological polar surface area (TPSA) is 71.0 Å². The van der Waals surface area contributed by atoms with Gasteiger partial charge in [-0.25, -0.2) is 4.98 Å². The van der Waals surface area contributed by atoms with Crippen LogP contribution >= 0.6 is 0 Å². The molecule has 7 nitrogen and oxygen atoms in total. The SMILES string of the molecule is COc1ccc(N2CCN(c3cncc(-c4ccc(CO)cc4)n3)CC2)cc1OC. The van der Waals surface area contributed by atoms with Crippen LogP contribution in [0, 0.1) is 0 Å². The first-order valence-corrected chi connectivity index (χ1v) is 9.96. The zero-order valence-electron chi connectivity index (χ0n) is 17.3. The number of anilines is 2. The second-order valence-electron chi connectivity index (χ2n) is 7.13. The van der Waals surface area contributed by atoms with Crippen molar-refractivity contribution in [1.82, 2.24) is 9.97 Å². The highest BCUT2D eigenvalue weighted by atomic mass is 16.5. The van der Waals surface area contributed by atoms with Gasteiger partial charge in [-0.2, -0.15) is 0 Å². The zero-order chi connectivity index (χ0) is 20.9. The predicted molar refractivity (Wildman–Crippen MR) is 117 cm³/mol. The highest BCUT2D eigenvalue weighted by Gasteiger charge is 2.20.